The minimum Gasteiger partial charge on any atom is -0.472 e. The molecule has 328 valence electrons. The van der Waals surface area contributed by atoms with Crippen LogP contribution in [0, 0.1) is 39.4 Å². The second-order valence-corrected chi connectivity index (χ2v) is 19.1. The number of carbonyl (C=O) groups is 6. The Morgan fingerprint density at radius 2 is 1.52 bits per heavy atom. The van der Waals surface area contributed by atoms with Crippen molar-refractivity contribution in [2.24, 2.45) is 39.4 Å². The molecule has 19 heteroatoms. The lowest BCUT2D eigenvalue weighted by atomic mass is 9.33. The van der Waals surface area contributed by atoms with Crippen molar-refractivity contribution in [1.82, 2.24) is 0 Å². The van der Waals surface area contributed by atoms with Gasteiger partial charge in [-0.1, -0.05) is 41.5 Å². The Kier molecular flexibility index (Phi) is 8.15. The van der Waals surface area contributed by atoms with Crippen LogP contribution >= 0.6 is 0 Å². The SMILES string of the molecule is COC(=O)[C@H](OC(C)=O)[C@H]1[C@@]2(C)C[C@]3(O)[C@@](OC(=O)C(C)C)([C@H]4OC5(C)O[C@@]6([C@H](O)[C@H](O)[C@]78C[C@]7([C@@H](OC(=O)C(C)C)C(=O)O[C@H]8c7ccoc7)[C@@]46O5)[C@]13C)[C@H]2OC(C)=O. The number of aliphatic hydroxyl groups excluding tert-OH is 2. The van der Waals surface area contributed by atoms with Crippen molar-refractivity contribution in [3.63, 3.8) is 0 Å². The van der Waals surface area contributed by atoms with Gasteiger partial charge in [-0.3, -0.25) is 19.2 Å². The zero-order chi connectivity index (χ0) is 43.9. The number of methoxy groups -OCH3 is 1. The van der Waals surface area contributed by atoms with Crippen LogP contribution in [-0.4, -0.2) is 123 Å². The molecule has 9 rings (SSSR count). The van der Waals surface area contributed by atoms with Gasteiger partial charge in [0.05, 0.1) is 48.4 Å². The van der Waals surface area contributed by atoms with Crippen molar-refractivity contribution in [1.29, 1.82) is 0 Å². The average Bonchev–Trinajstić information content (AvgIpc) is 3.51. The monoisotopic (exact) mass is 846 g/mol. The van der Waals surface area contributed by atoms with E-state index in [4.69, 9.17) is 47.0 Å². The third-order valence-electron chi connectivity index (χ3n) is 15.7. The van der Waals surface area contributed by atoms with Crippen molar-refractivity contribution in [3.05, 3.63) is 24.2 Å². The van der Waals surface area contributed by atoms with Crippen LogP contribution in [0.2, 0.25) is 0 Å². The van der Waals surface area contributed by atoms with Gasteiger partial charge in [0.25, 0.3) is 5.97 Å². The molecule has 1 unspecified atom stereocenters. The minimum atomic E-state index is -2.60. The van der Waals surface area contributed by atoms with Crippen LogP contribution in [-0.2, 0) is 71.4 Å². The number of hydrogen-bond donors (Lipinski definition) is 3. The Balaban J connectivity index is 1.45. The number of ether oxygens (including phenoxy) is 9. The predicted molar refractivity (Wildman–Crippen MR) is 191 cm³/mol. The summed E-state index contributed by atoms with van der Waals surface area (Å²) >= 11 is 0. The average molecular weight is 847 g/mol. The van der Waals surface area contributed by atoms with Gasteiger partial charge in [0.2, 0.25) is 17.8 Å². The van der Waals surface area contributed by atoms with Gasteiger partial charge < -0.3 is 62.4 Å². The number of hydrogen-bond acceptors (Lipinski definition) is 19. The topological polar surface area (TPSA) is 259 Å². The first kappa shape index (κ1) is 41.2. The summed E-state index contributed by atoms with van der Waals surface area (Å²) in [4.78, 5) is 83.3. The van der Waals surface area contributed by atoms with Gasteiger partial charge in [-0.15, -0.1) is 0 Å². The van der Waals surface area contributed by atoms with Gasteiger partial charge in [0.1, 0.15) is 35.1 Å². The lowest BCUT2D eigenvalue weighted by Gasteiger charge is -2.77. The lowest BCUT2D eigenvalue weighted by molar-refractivity contribution is -0.472. The maximum atomic E-state index is 14.7. The Hall–Kier alpha value is -4.14. The summed E-state index contributed by atoms with van der Waals surface area (Å²) < 4.78 is 62.2. The maximum Gasteiger partial charge on any atom is 0.348 e. The molecular weight excluding hydrogens is 796 g/mol. The van der Waals surface area contributed by atoms with Crippen LogP contribution in [0.5, 0.6) is 0 Å². The fraction of sp³-hybridized carbons (Fsp3) is 0.756. The summed E-state index contributed by atoms with van der Waals surface area (Å²) in [6.07, 6.45) is -11.3. The summed E-state index contributed by atoms with van der Waals surface area (Å²) in [6, 6.07) is 1.49. The van der Waals surface area contributed by atoms with Gasteiger partial charge in [-0.2, -0.15) is 0 Å². The van der Waals surface area contributed by atoms with E-state index in [9.17, 15) is 44.1 Å². The van der Waals surface area contributed by atoms with Gasteiger partial charge in [-0.05, 0) is 18.9 Å². The molecule has 0 amide bonds. The third kappa shape index (κ3) is 3.96. The number of aliphatic hydroxyl groups is 3. The van der Waals surface area contributed by atoms with E-state index in [1.165, 1.54) is 67.1 Å². The van der Waals surface area contributed by atoms with Crippen LogP contribution in [0.15, 0.2) is 23.0 Å². The second-order valence-electron chi connectivity index (χ2n) is 19.1. The predicted octanol–water partition coefficient (Wildman–Crippen LogP) is 0.919. The van der Waals surface area contributed by atoms with Gasteiger partial charge >= 0.3 is 35.8 Å². The lowest BCUT2D eigenvalue weighted by Crippen LogP contribution is -2.97. The Bertz CT molecular complexity index is 2120. The molecule has 5 saturated carbocycles. The highest BCUT2D eigenvalue weighted by atomic mass is 17.0. The van der Waals surface area contributed by atoms with E-state index in [1.54, 1.807) is 0 Å². The highest BCUT2D eigenvalue weighted by molar-refractivity contribution is 5.85. The minimum absolute atomic E-state index is 0.250. The molecular formula is C41H50O19. The van der Waals surface area contributed by atoms with Gasteiger partial charge in [0, 0.05) is 43.1 Å². The summed E-state index contributed by atoms with van der Waals surface area (Å²) in [5.74, 6) is -11.4. The number of cyclic esters (lactones) is 1. The van der Waals surface area contributed by atoms with Crippen molar-refractivity contribution >= 4 is 35.8 Å². The number of fused-ring (bicyclic) bond motifs is 3. The molecule has 5 aliphatic carbocycles. The number of carbonyl (C=O) groups excluding carboxylic acids is 6. The molecule has 17 atom stereocenters. The number of esters is 6. The standard InChI is InChI=1S/C41H50O19/c1-16(2)27(46)56-26-30(49)55-25(20-11-12-52-13-20)36-15-37(26,36)41-32-39(57-28(47)17(3)4)31(54-19(6)43)33(7)14-38(39,50)34(8,22(33)21(29(48)51-10)53-18(5)42)40(41,24(45)23(36)44)59-35(9,58-32)60-41/h11-13,16-17,21-26,31-32,44-45,50H,14-15H2,1-10H3/t21-,22+,23+,24-,25+,26+,31+,32-,33-,34-,35?,36+,37-,38-,39+,40+,41+/m1/s1. The van der Waals surface area contributed by atoms with Crippen LogP contribution in [0.1, 0.15) is 86.8 Å². The zero-order valence-corrected chi connectivity index (χ0v) is 34.8. The summed E-state index contributed by atoms with van der Waals surface area (Å²) in [6.45, 7) is 12.5. The quantitative estimate of drug-likeness (QED) is 0.231. The van der Waals surface area contributed by atoms with Crippen LogP contribution in [0.3, 0.4) is 0 Å². The van der Waals surface area contributed by atoms with Crippen LogP contribution < -0.4 is 0 Å². The summed E-state index contributed by atoms with van der Waals surface area (Å²) in [5, 5.41) is 40.3. The zero-order valence-electron chi connectivity index (χ0n) is 34.8. The first-order valence-electron chi connectivity index (χ1n) is 20.1. The van der Waals surface area contributed by atoms with E-state index < -0.39 is 153 Å². The van der Waals surface area contributed by atoms with Gasteiger partial charge in [0.15, 0.2) is 6.10 Å². The first-order chi connectivity index (χ1) is 27.9. The fourth-order valence-electron chi connectivity index (χ4n) is 14.2. The Labute approximate surface area is 343 Å². The van der Waals surface area contributed by atoms with E-state index in [2.05, 4.69) is 0 Å². The molecule has 4 heterocycles. The number of rotatable bonds is 9. The molecule has 3 aliphatic heterocycles. The summed E-state index contributed by atoms with van der Waals surface area (Å²) in [7, 11) is 1.04. The van der Waals surface area contributed by atoms with E-state index >= 15 is 0 Å². The molecule has 60 heavy (non-hydrogen) atoms. The molecule has 4 bridgehead atoms. The smallest absolute Gasteiger partial charge is 0.348 e. The molecule has 1 aromatic heterocycles. The second kappa shape index (κ2) is 11.9. The largest absolute Gasteiger partial charge is 0.472 e. The first-order valence-corrected chi connectivity index (χ1v) is 20.1. The normalized spacial score (nSPS) is 49.9. The highest BCUT2D eigenvalue weighted by Gasteiger charge is 3.11. The van der Waals surface area contributed by atoms with E-state index in [1.807, 2.05) is 0 Å². The van der Waals surface area contributed by atoms with Crippen molar-refractivity contribution in [3.8, 4) is 0 Å². The van der Waals surface area contributed by atoms with E-state index in [0.717, 1.165) is 21.0 Å². The van der Waals surface area contributed by atoms with Crippen molar-refractivity contribution in [2.45, 2.75) is 146 Å². The van der Waals surface area contributed by atoms with Crippen LogP contribution in [0.25, 0.3) is 0 Å². The molecule has 8 fully saturated rings. The molecule has 1 aromatic rings. The molecule has 1 spiro atoms. The maximum absolute atomic E-state index is 14.7. The molecule has 0 aromatic carbocycles. The van der Waals surface area contributed by atoms with E-state index in [0.29, 0.717) is 0 Å². The molecule has 3 N–H and O–H groups in total. The molecule has 8 aliphatic rings. The Morgan fingerprint density at radius 1 is 0.867 bits per heavy atom. The number of furan rings is 1. The summed E-state index contributed by atoms with van der Waals surface area (Å²) in [5.41, 5.74) is -17.9. The van der Waals surface area contributed by atoms with E-state index in [-0.39, 0.29) is 12.0 Å². The van der Waals surface area contributed by atoms with Crippen molar-refractivity contribution in [2.75, 3.05) is 7.11 Å². The Morgan fingerprint density at radius 3 is 2.08 bits per heavy atom. The molecule has 3 saturated heterocycles. The molecule has 19 nitrogen and oxygen atoms in total. The molecule has 0 radical (unpaired) electrons. The fourth-order valence-corrected chi connectivity index (χ4v) is 14.2. The highest BCUT2D eigenvalue weighted by Crippen LogP contribution is 2.95. The van der Waals surface area contributed by atoms with Gasteiger partial charge in [-0.25, -0.2) is 9.59 Å². The van der Waals surface area contributed by atoms with Crippen molar-refractivity contribution < 1.29 is 91.1 Å². The third-order valence-corrected chi connectivity index (χ3v) is 15.7. The van der Waals surface area contributed by atoms with Crippen LogP contribution in [0.4, 0.5) is 0 Å².